The second-order valence-electron chi connectivity index (χ2n) is 3.73. The smallest absolute Gasteiger partial charge is 0.237 e. The molecule has 2 rings (SSSR count). The molecule has 2 aromatic heterocycles. The van der Waals surface area contributed by atoms with Crippen molar-refractivity contribution >= 4 is 0 Å². The van der Waals surface area contributed by atoms with Gasteiger partial charge in [-0.2, -0.15) is 0 Å². The van der Waals surface area contributed by atoms with E-state index < -0.39 is 0 Å². The number of hydrogen-bond acceptors (Lipinski definition) is 5. The number of hydrogen-bond donors (Lipinski definition) is 1. The SMILES string of the molecule is CCNC(c1cccnc1)c1nccnc1OC. The molecule has 1 N–H and O–H groups in total. The molecule has 94 valence electrons. The third kappa shape index (κ3) is 2.62. The maximum atomic E-state index is 5.26. The molecule has 0 bridgehead atoms. The lowest BCUT2D eigenvalue weighted by atomic mass is 10.1. The molecule has 0 spiro atoms. The lowest BCUT2D eigenvalue weighted by Crippen LogP contribution is -2.24. The van der Waals surface area contributed by atoms with Crippen LogP contribution in [0.4, 0.5) is 0 Å². The Bertz CT molecular complexity index is 489. The van der Waals surface area contributed by atoms with Gasteiger partial charge >= 0.3 is 0 Å². The second-order valence-corrected chi connectivity index (χ2v) is 3.73. The summed E-state index contributed by atoms with van der Waals surface area (Å²) < 4.78 is 5.26. The van der Waals surface area contributed by atoms with Crippen LogP contribution in [0.5, 0.6) is 5.88 Å². The number of nitrogens with one attached hydrogen (secondary N) is 1. The van der Waals surface area contributed by atoms with Gasteiger partial charge in [-0.3, -0.25) is 9.97 Å². The molecule has 0 amide bonds. The summed E-state index contributed by atoms with van der Waals surface area (Å²) in [6, 6.07) is 3.85. The van der Waals surface area contributed by atoms with Gasteiger partial charge in [-0.1, -0.05) is 13.0 Å². The van der Waals surface area contributed by atoms with Gasteiger partial charge in [0.05, 0.1) is 13.2 Å². The minimum Gasteiger partial charge on any atom is -0.480 e. The molecule has 2 aromatic rings. The topological polar surface area (TPSA) is 59.9 Å². The summed E-state index contributed by atoms with van der Waals surface area (Å²) in [7, 11) is 1.60. The van der Waals surface area contributed by atoms with Gasteiger partial charge in [0.1, 0.15) is 5.69 Å². The fourth-order valence-electron chi connectivity index (χ4n) is 1.81. The lowest BCUT2D eigenvalue weighted by molar-refractivity contribution is 0.383. The van der Waals surface area contributed by atoms with Gasteiger partial charge < -0.3 is 10.1 Å². The van der Waals surface area contributed by atoms with Gasteiger partial charge in [0.15, 0.2) is 0 Å². The van der Waals surface area contributed by atoms with Crippen LogP contribution in [0.3, 0.4) is 0 Å². The Labute approximate surface area is 106 Å². The highest BCUT2D eigenvalue weighted by atomic mass is 16.5. The average molecular weight is 244 g/mol. The van der Waals surface area contributed by atoms with Gasteiger partial charge in [-0.25, -0.2) is 4.98 Å². The quantitative estimate of drug-likeness (QED) is 0.865. The van der Waals surface area contributed by atoms with E-state index in [-0.39, 0.29) is 6.04 Å². The molecule has 0 aromatic carbocycles. The first-order chi connectivity index (χ1) is 8.86. The molecule has 0 fully saturated rings. The van der Waals surface area contributed by atoms with Gasteiger partial charge in [0.2, 0.25) is 5.88 Å². The number of methoxy groups -OCH3 is 1. The maximum absolute atomic E-state index is 5.26. The Morgan fingerprint density at radius 2 is 2.11 bits per heavy atom. The van der Waals surface area contributed by atoms with E-state index in [1.165, 1.54) is 0 Å². The Balaban J connectivity index is 2.41. The Morgan fingerprint density at radius 1 is 1.28 bits per heavy atom. The van der Waals surface area contributed by atoms with E-state index in [9.17, 15) is 0 Å². The molecule has 0 radical (unpaired) electrons. The third-order valence-electron chi connectivity index (χ3n) is 2.58. The molecule has 1 atom stereocenters. The highest BCUT2D eigenvalue weighted by Crippen LogP contribution is 2.25. The van der Waals surface area contributed by atoms with Crippen molar-refractivity contribution in [3.05, 3.63) is 48.2 Å². The molecular weight excluding hydrogens is 228 g/mol. The van der Waals surface area contributed by atoms with E-state index in [0.29, 0.717) is 5.88 Å². The van der Waals surface area contributed by atoms with E-state index in [2.05, 4.69) is 20.3 Å². The lowest BCUT2D eigenvalue weighted by Gasteiger charge is -2.18. The van der Waals surface area contributed by atoms with E-state index in [1.54, 1.807) is 25.7 Å². The number of aromatic nitrogens is 3. The van der Waals surface area contributed by atoms with Crippen molar-refractivity contribution in [2.24, 2.45) is 0 Å². The zero-order valence-electron chi connectivity index (χ0n) is 10.5. The molecule has 2 heterocycles. The van der Waals surface area contributed by atoms with Crippen molar-refractivity contribution in [2.45, 2.75) is 13.0 Å². The number of pyridine rings is 1. The number of nitrogens with zero attached hydrogens (tertiary/aromatic N) is 3. The minimum absolute atomic E-state index is 0.0626. The molecule has 1 unspecified atom stereocenters. The fraction of sp³-hybridized carbons (Fsp3) is 0.308. The molecule has 18 heavy (non-hydrogen) atoms. The van der Waals surface area contributed by atoms with E-state index in [1.807, 2.05) is 25.3 Å². The summed E-state index contributed by atoms with van der Waals surface area (Å²) in [6.45, 7) is 2.87. The van der Waals surface area contributed by atoms with Crippen molar-refractivity contribution in [2.75, 3.05) is 13.7 Å². The van der Waals surface area contributed by atoms with Crippen molar-refractivity contribution in [3.63, 3.8) is 0 Å². The zero-order chi connectivity index (χ0) is 12.8. The van der Waals surface area contributed by atoms with Gasteiger partial charge in [-0.05, 0) is 18.2 Å². The average Bonchev–Trinajstić information content (AvgIpc) is 2.46. The van der Waals surface area contributed by atoms with Crippen molar-refractivity contribution in [1.29, 1.82) is 0 Å². The largest absolute Gasteiger partial charge is 0.480 e. The first-order valence-electron chi connectivity index (χ1n) is 5.85. The Kier molecular flexibility index (Phi) is 4.20. The van der Waals surface area contributed by atoms with Crippen LogP contribution < -0.4 is 10.1 Å². The summed E-state index contributed by atoms with van der Waals surface area (Å²) >= 11 is 0. The van der Waals surface area contributed by atoms with E-state index in [0.717, 1.165) is 17.8 Å². The summed E-state index contributed by atoms with van der Waals surface area (Å²) in [5.41, 5.74) is 1.81. The van der Waals surface area contributed by atoms with Crippen molar-refractivity contribution in [3.8, 4) is 5.88 Å². The Hall–Kier alpha value is -2.01. The van der Waals surface area contributed by atoms with Crippen LogP contribution in [0.1, 0.15) is 24.2 Å². The number of ether oxygens (including phenoxy) is 1. The Morgan fingerprint density at radius 3 is 2.78 bits per heavy atom. The molecule has 0 aliphatic rings. The van der Waals surface area contributed by atoms with Crippen LogP contribution in [0.15, 0.2) is 36.9 Å². The van der Waals surface area contributed by atoms with Crippen LogP contribution in [0.25, 0.3) is 0 Å². The van der Waals surface area contributed by atoms with Crippen LogP contribution in [0, 0.1) is 0 Å². The van der Waals surface area contributed by atoms with Crippen LogP contribution in [-0.2, 0) is 0 Å². The monoisotopic (exact) mass is 244 g/mol. The zero-order valence-corrected chi connectivity index (χ0v) is 10.5. The number of rotatable bonds is 5. The molecule has 0 aliphatic heterocycles. The van der Waals surface area contributed by atoms with Crippen LogP contribution >= 0.6 is 0 Å². The van der Waals surface area contributed by atoms with E-state index in [4.69, 9.17) is 4.74 Å². The van der Waals surface area contributed by atoms with Gasteiger partial charge in [-0.15, -0.1) is 0 Å². The molecule has 5 heteroatoms. The van der Waals surface area contributed by atoms with Crippen LogP contribution in [0.2, 0.25) is 0 Å². The van der Waals surface area contributed by atoms with Crippen molar-refractivity contribution < 1.29 is 4.74 Å². The fourth-order valence-corrected chi connectivity index (χ4v) is 1.81. The van der Waals surface area contributed by atoms with E-state index >= 15 is 0 Å². The van der Waals surface area contributed by atoms with Gasteiger partial charge in [0, 0.05) is 24.8 Å². The summed E-state index contributed by atoms with van der Waals surface area (Å²) in [6.07, 6.45) is 6.86. The van der Waals surface area contributed by atoms with Crippen molar-refractivity contribution in [1.82, 2.24) is 20.3 Å². The summed E-state index contributed by atoms with van der Waals surface area (Å²) in [5, 5.41) is 3.37. The summed E-state index contributed by atoms with van der Waals surface area (Å²) in [4.78, 5) is 12.7. The molecule has 5 nitrogen and oxygen atoms in total. The predicted molar refractivity (Wildman–Crippen MR) is 68.3 cm³/mol. The highest BCUT2D eigenvalue weighted by Gasteiger charge is 2.19. The summed E-state index contributed by atoms with van der Waals surface area (Å²) in [5.74, 6) is 0.535. The molecule has 0 saturated carbocycles. The first kappa shape index (κ1) is 12.4. The van der Waals surface area contributed by atoms with Crippen LogP contribution in [-0.4, -0.2) is 28.6 Å². The molecular formula is C13H16N4O. The molecule has 0 saturated heterocycles. The third-order valence-corrected chi connectivity index (χ3v) is 2.58. The maximum Gasteiger partial charge on any atom is 0.237 e. The minimum atomic E-state index is -0.0626. The molecule has 0 aliphatic carbocycles. The first-order valence-corrected chi connectivity index (χ1v) is 5.85. The standard InChI is InChI=1S/C13H16N4O/c1-3-15-11(10-5-4-6-14-9-10)12-13(18-2)17-8-7-16-12/h4-9,11,15H,3H2,1-2H3. The van der Waals surface area contributed by atoms with Gasteiger partial charge in [0.25, 0.3) is 0 Å². The predicted octanol–water partition coefficient (Wildman–Crippen LogP) is 1.58. The highest BCUT2D eigenvalue weighted by molar-refractivity contribution is 5.31. The normalized spacial score (nSPS) is 12.1. The second kappa shape index (κ2) is 6.07.